The molecule has 0 saturated carbocycles. The van der Waals surface area contributed by atoms with Crippen molar-refractivity contribution in [3.05, 3.63) is 15.0 Å². The number of aryl methyl sites for hydroxylation is 1. The Bertz CT molecular complexity index is 344. The molecule has 1 rings (SSSR count). The van der Waals surface area contributed by atoms with E-state index in [1.54, 1.807) is 0 Å². The second-order valence-electron chi connectivity index (χ2n) is 1.05. The minimum absolute atomic E-state index is 0.111. The van der Waals surface area contributed by atoms with Crippen LogP contribution in [0.25, 0.3) is 0 Å². The second-order valence-corrected chi connectivity index (χ2v) is 3.17. The smallest absolute Gasteiger partial charge is 0.0960 e. The van der Waals surface area contributed by atoms with E-state index in [1.807, 2.05) is 0 Å². The summed E-state index contributed by atoms with van der Waals surface area (Å²) in [4.78, 5) is 3.55. The first-order valence-corrected chi connectivity index (χ1v) is 3.40. The first-order chi connectivity index (χ1) is 6.16. The van der Waals surface area contributed by atoms with Gasteiger partial charge in [0.25, 0.3) is 0 Å². The highest BCUT2D eigenvalue weighted by molar-refractivity contribution is 9.11. The van der Waals surface area contributed by atoms with Gasteiger partial charge in [-0.25, -0.2) is 4.98 Å². The number of hydrogen-bond donors (Lipinski definition) is 0. The molecule has 1 heterocycles. The highest BCUT2D eigenvalue weighted by atomic mass is 79.9. The van der Waals surface area contributed by atoms with E-state index in [0.29, 0.717) is 0 Å². The van der Waals surface area contributed by atoms with Crippen LogP contribution in [0.2, 0.25) is 0 Å². The standard InChI is InChI=1S/C5H6BrNS/c1-2-4-5(6)8-3-7-4/h3H,2H2,1H3/i1D3,2D2,3D. The van der Waals surface area contributed by atoms with Crippen LogP contribution in [0.4, 0.5) is 0 Å². The number of thiazole rings is 1. The Hall–Kier alpha value is 0.110. The molecule has 0 amide bonds. The van der Waals surface area contributed by atoms with Gasteiger partial charge in [0.2, 0.25) is 0 Å². The monoisotopic (exact) mass is 197 g/mol. The fourth-order valence-electron chi connectivity index (χ4n) is 0.278. The molecule has 3 heteroatoms. The van der Waals surface area contributed by atoms with Gasteiger partial charge in [0, 0.05) is 6.85 Å². The van der Waals surface area contributed by atoms with E-state index in [1.165, 1.54) is 0 Å². The molecule has 0 aliphatic rings. The van der Waals surface area contributed by atoms with Crippen LogP contribution < -0.4 is 0 Å². The molecular formula is C5H6BrNS. The summed E-state index contributed by atoms with van der Waals surface area (Å²) in [6.45, 7) is -2.78. The summed E-state index contributed by atoms with van der Waals surface area (Å²) in [7, 11) is 0. The number of hydrogen-bond acceptors (Lipinski definition) is 2. The van der Waals surface area contributed by atoms with Gasteiger partial charge in [-0.1, -0.05) is 6.85 Å². The topological polar surface area (TPSA) is 12.9 Å². The zero-order valence-corrected chi connectivity index (χ0v) is 6.14. The van der Waals surface area contributed by atoms with E-state index in [2.05, 4.69) is 20.9 Å². The Morgan fingerprint density at radius 3 is 3.75 bits per heavy atom. The molecule has 0 N–H and O–H groups in total. The van der Waals surface area contributed by atoms with E-state index in [9.17, 15) is 0 Å². The summed E-state index contributed by atoms with van der Waals surface area (Å²) in [5, 5.41) is 0. The molecule has 0 unspecified atom stereocenters. The lowest BCUT2D eigenvalue weighted by atomic mass is 10.4. The molecule has 8 heavy (non-hydrogen) atoms. The highest BCUT2D eigenvalue weighted by Crippen LogP contribution is 2.20. The van der Waals surface area contributed by atoms with E-state index in [0.717, 1.165) is 11.3 Å². The van der Waals surface area contributed by atoms with Gasteiger partial charge in [-0.15, -0.1) is 11.3 Å². The normalized spacial score (nSPS) is 24.1. The summed E-state index contributed by atoms with van der Waals surface area (Å²) >= 11 is 3.89. The first-order valence-electron chi connectivity index (χ1n) is 4.79. The third-order valence-electron chi connectivity index (χ3n) is 0.597. The van der Waals surface area contributed by atoms with Crippen molar-refractivity contribution >= 4 is 27.3 Å². The van der Waals surface area contributed by atoms with Crippen molar-refractivity contribution in [2.75, 3.05) is 0 Å². The summed E-state index contributed by atoms with van der Waals surface area (Å²) in [5.74, 6) is 0. The fourth-order valence-corrected chi connectivity index (χ4v) is 1.09. The molecule has 0 bridgehead atoms. The van der Waals surface area contributed by atoms with Crippen LogP contribution in [0.15, 0.2) is 9.27 Å². The van der Waals surface area contributed by atoms with Crippen molar-refractivity contribution in [3.63, 3.8) is 0 Å². The summed E-state index contributed by atoms with van der Waals surface area (Å²) < 4.78 is 43.3. The lowest BCUT2D eigenvalue weighted by Gasteiger charge is -1.83. The Morgan fingerprint density at radius 1 is 2.38 bits per heavy atom. The lowest BCUT2D eigenvalue weighted by molar-refractivity contribution is 1.05. The molecule has 0 radical (unpaired) electrons. The predicted octanol–water partition coefficient (Wildman–Crippen LogP) is 2.47. The van der Waals surface area contributed by atoms with Gasteiger partial charge in [-0.05, 0) is 22.3 Å². The van der Waals surface area contributed by atoms with Gasteiger partial charge >= 0.3 is 0 Å². The van der Waals surface area contributed by atoms with Crippen LogP contribution in [-0.4, -0.2) is 4.98 Å². The molecule has 0 spiro atoms. The number of halogens is 1. The molecule has 0 aliphatic heterocycles. The maximum absolute atomic E-state index is 7.41. The summed E-state index contributed by atoms with van der Waals surface area (Å²) in [5.41, 5.74) is -0.340. The van der Waals surface area contributed by atoms with E-state index < -0.39 is 13.2 Å². The van der Waals surface area contributed by atoms with Crippen molar-refractivity contribution in [2.45, 2.75) is 13.2 Å². The van der Waals surface area contributed by atoms with Gasteiger partial charge in [0.05, 0.1) is 16.3 Å². The second kappa shape index (κ2) is 2.60. The van der Waals surface area contributed by atoms with Crippen LogP contribution in [0, 0.1) is 0 Å². The quantitative estimate of drug-likeness (QED) is 0.675. The average Bonchev–Trinajstić information content (AvgIpc) is 2.27. The molecule has 0 aliphatic carbocycles. The highest BCUT2D eigenvalue weighted by Gasteiger charge is 1.96. The van der Waals surface area contributed by atoms with Gasteiger partial charge < -0.3 is 0 Å². The van der Waals surface area contributed by atoms with Crippen molar-refractivity contribution in [2.24, 2.45) is 0 Å². The average molecular weight is 198 g/mol. The van der Waals surface area contributed by atoms with Crippen LogP contribution in [-0.2, 0) is 6.37 Å². The minimum Gasteiger partial charge on any atom is -0.249 e. The van der Waals surface area contributed by atoms with Crippen LogP contribution in [0.5, 0.6) is 0 Å². The molecule has 1 aromatic heterocycles. The molecule has 0 atom stereocenters. The SMILES string of the molecule is [2H]c1nc(C([2H])([2H])C([2H])([2H])[2H])c(Br)s1. The number of rotatable bonds is 1. The Kier molecular flexibility index (Phi) is 0.668. The maximum atomic E-state index is 7.41. The molecule has 44 valence electrons. The van der Waals surface area contributed by atoms with Gasteiger partial charge in [0.1, 0.15) is 0 Å². The molecule has 1 aromatic rings. The molecule has 0 fully saturated rings. The number of aromatic nitrogens is 1. The molecule has 0 aromatic carbocycles. The van der Waals surface area contributed by atoms with Crippen molar-refractivity contribution in [3.8, 4) is 0 Å². The largest absolute Gasteiger partial charge is 0.249 e. The minimum atomic E-state index is -2.78. The van der Waals surface area contributed by atoms with Crippen molar-refractivity contribution in [1.82, 2.24) is 4.98 Å². The van der Waals surface area contributed by atoms with Gasteiger partial charge in [-0.2, -0.15) is 0 Å². The Morgan fingerprint density at radius 2 is 3.25 bits per heavy atom. The zero-order chi connectivity index (χ0) is 11.1. The number of nitrogens with zero attached hydrogens (tertiary/aromatic N) is 1. The predicted molar refractivity (Wildman–Crippen MR) is 39.2 cm³/mol. The van der Waals surface area contributed by atoms with E-state index in [4.69, 9.17) is 8.22 Å². The van der Waals surface area contributed by atoms with Crippen molar-refractivity contribution < 1.29 is 8.22 Å². The lowest BCUT2D eigenvalue weighted by Crippen LogP contribution is -1.76. The zero-order valence-electron chi connectivity index (χ0n) is 9.73. The van der Waals surface area contributed by atoms with Gasteiger partial charge in [-0.3, -0.25) is 0 Å². The van der Waals surface area contributed by atoms with Crippen molar-refractivity contribution in [1.29, 1.82) is 0 Å². The summed E-state index contributed by atoms with van der Waals surface area (Å²) in [6, 6.07) is 0. The van der Waals surface area contributed by atoms with Crippen LogP contribution >= 0.6 is 27.3 Å². The third-order valence-corrected chi connectivity index (χ3v) is 2.01. The molecule has 1 nitrogen and oxygen atoms in total. The van der Waals surface area contributed by atoms with Crippen LogP contribution in [0.1, 0.15) is 20.8 Å². The van der Waals surface area contributed by atoms with E-state index in [-0.39, 0.29) is 15.0 Å². The third kappa shape index (κ3) is 1.09. The molecule has 0 saturated heterocycles. The Labute approximate surface area is 69.3 Å². The fraction of sp³-hybridized carbons (Fsp3) is 0.400. The Balaban J connectivity index is 3.22. The summed E-state index contributed by atoms with van der Waals surface area (Å²) in [6.07, 6.45) is -2.53. The first kappa shape index (κ1) is 2.06. The van der Waals surface area contributed by atoms with E-state index >= 15 is 0 Å². The molecular weight excluding hydrogens is 186 g/mol. The van der Waals surface area contributed by atoms with Gasteiger partial charge in [0.15, 0.2) is 0 Å². The van der Waals surface area contributed by atoms with Crippen LogP contribution in [0.3, 0.4) is 0 Å². The maximum Gasteiger partial charge on any atom is 0.0960 e.